The fourth-order valence-electron chi connectivity index (χ4n) is 4.91. The van der Waals surface area contributed by atoms with Crippen molar-refractivity contribution < 1.29 is 15.0 Å². The number of carbonyl (C=O) groups is 1. The molecule has 32 heavy (non-hydrogen) atoms. The van der Waals surface area contributed by atoms with Crippen LogP contribution in [0.4, 0.5) is 11.5 Å². The van der Waals surface area contributed by atoms with Gasteiger partial charge < -0.3 is 20.4 Å². The molecule has 166 valence electrons. The molecule has 7 nitrogen and oxygen atoms in total. The summed E-state index contributed by atoms with van der Waals surface area (Å²) in [7, 11) is 0. The quantitative estimate of drug-likeness (QED) is 0.540. The molecule has 1 fully saturated rings. The Morgan fingerprint density at radius 3 is 2.47 bits per heavy atom. The van der Waals surface area contributed by atoms with Crippen LogP contribution in [0.3, 0.4) is 0 Å². The second kappa shape index (κ2) is 8.57. The number of hydrogen-bond acceptors (Lipinski definition) is 5. The first kappa shape index (κ1) is 20.4. The van der Waals surface area contributed by atoms with Gasteiger partial charge in [-0.15, -0.1) is 0 Å². The summed E-state index contributed by atoms with van der Waals surface area (Å²) >= 11 is 0. The van der Waals surface area contributed by atoms with Crippen LogP contribution in [0.15, 0.2) is 48.7 Å². The first-order valence-electron chi connectivity index (χ1n) is 11.3. The van der Waals surface area contributed by atoms with Gasteiger partial charge in [0, 0.05) is 37.8 Å². The van der Waals surface area contributed by atoms with E-state index in [1.165, 1.54) is 44.2 Å². The van der Waals surface area contributed by atoms with Crippen molar-refractivity contribution in [2.75, 3.05) is 5.32 Å². The number of carbonyl (C=O) groups excluding carboxylic acids is 1. The maximum atomic E-state index is 13.4. The minimum atomic E-state index is -0.278. The van der Waals surface area contributed by atoms with Gasteiger partial charge in [0.2, 0.25) is 0 Å². The predicted octanol–water partition coefficient (Wildman–Crippen LogP) is 4.77. The molecule has 2 heterocycles. The van der Waals surface area contributed by atoms with Crippen molar-refractivity contribution in [3.05, 3.63) is 65.4 Å². The Balaban J connectivity index is 1.41. The van der Waals surface area contributed by atoms with Crippen molar-refractivity contribution in [3.63, 3.8) is 0 Å². The Labute approximate surface area is 187 Å². The SMILES string of the molecule is O=C(c1c(O)cc(O)cc1Nc1ccnn1CC1CCCCC1)N1Cc2ccccc2C1. The molecule has 0 atom stereocenters. The van der Waals surface area contributed by atoms with Gasteiger partial charge in [-0.25, -0.2) is 4.68 Å². The number of aromatic hydroxyl groups is 2. The van der Waals surface area contributed by atoms with Gasteiger partial charge in [0.15, 0.2) is 0 Å². The van der Waals surface area contributed by atoms with Gasteiger partial charge in [0.25, 0.3) is 5.91 Å². The van der Waals surface area contributed by atoms with E-state index in [0.29, 0.717) is 24.7 Å². The van der Waals surface area contributed by atoms with Gasteiger partial charge in [-0.2, -0.15) is 5.10 Å². The fourth-order valence-corrected chi connectivity index (χ4v) is 4.91. The average molecular weight is 433 g/mol. The van der Waals surface area contributed by atoms with Gasteiger partial charge in [0.1, 0.15) is 22.9 Å². The second-order valence-electron chi connectivity index (χ2n) is 8.84. The van der Waals surface area contributed by atoms with Crippen molar-refractivity contribution >= 4 is 17.4 Å². The summed E-state index contributed by atoms with van der Waals surface area (Å²) in [5, 5.41) is 28.4. The van der Waals surface area contributed by atoms with Crippen LogP contribution in [0.25, 0.3) is 0 Å². The number of benzene rings is 2. The van der Waals surface area contributed by atoms with E-state index in [4.69, 9.17) is 0 Å². The Morgan fingerprint density at radius 1 is 1.03 bits per heavy atom. The molecule has 1 saturated carbocycles. The molecule has 1 aliphatic heterocycles. The highest BCUT2D eigenvalue weighted by Gasteiger charge is 2.28. The number of fused-ring (bicyclic) bond motifs is 1. The Hall–Kier alpha value is -3.48. The number of phenols is 2. The number of anilines is 2. The molecule has 2 aromatic carbocycles. The smallest absolute Gasteiger partial charge is 0.260 e. The zero-order chi connectivity index (χ0) is 22.1. The van der Waals surface area contributed by atoms with E-state index in [-0.39, 0.29) is 23.0 Å². The van der Waals surface area contributed by atoms with Crippen LogP contribution in [0, 0.1) is 5.92 Å². The molecule has 5 rings (SSSR count). The Kier molecular flexibility index (Phi) is 5.47. The average Bonchev–Trinajstić information content (AvgIpc) is 3.41. The van der Waals surface area contributed by atoms with E-state index in [0.717, 1.165) is 23.5 Å². The third-order valence-corrected chi connectivity index (χ3v) is 6.58. The number of phenolic OH excluding ortho intramolecular Hbond substituents is 2. The minimum absolute atomic E-state index is 0.107. The zero-order valence-corrected chi connectivity index (χ0v) is 18.0. The van der Waals surface area contributed by atoms with Crippen LogP contribution in [-0.2, 0) is 19.6 Å². The highest BCUT2D eigenvalue weighted by Crippen LogP contribution is 2.36. The van der Waals surface area contributed by atoms with E-state index < -0.39 is 0 Å². The maximum absolute atomic E-state index is 13.4. The third-order valence-electron chi connectivity index (χ3n) is 6.58. The van der Waals surface area contributed by atoms with Gasteiger partial charge in [-0.1, -0.05) is 43.5 Å². The summed E-state index contributed by atoms with van der Waals surface area (Å²) in [5.41, 5.74) is 2.74. The summed E-state index contributed by atoms with van der Waals surface area (Å²) in [5.74, 6) is 0.696. The van der Waals surface area contributed by atoms with E-state index >= 15 is 0 Å². The molecule has 0 radical (unpaired) electrons. The van der Waals surface area contributed by atoms with E-state index in [1.54, 1.807) is 11.1 Å². The lowest BCUT2D eigenvalue weighted by Crippen LogP contribution is -2.26. The first-order valence-corrected chi connectivity index (χ1v) is 11.3. The number of aromatic nitrogens is 2. The molecule has 1 amide bonds. The van der Waals surface area contributed by atoms with Crippen LogP contribution in [0.5, 0.6) is 11.5 Å². The lowest BCUT2D eigenvalue weighted by molar-refractivity contribution is 0.0749. The van der Waals surface area contributed by atoms with E-state index in [2.05, 4.69) is 10.4 Å². The molecule has 0 bridgehead atoms. The molecule has 3 N–H and O–H groups in total. The molecule has 3 aromatic rings. The largest absolute Gasteiger partial charge is 0.508 e. The first-order chi connectivity index (χ1) is 15.6. The number of rotatable bonds is 5. The predicted molar refractivity (Wildman–Crippen MR) is 122 cm³/mol. The van der Waals surface area contributed by atoms with Gasteiger partial charge in [0.05, 0.1) is 11.9 Å². The maximum Gasteiger partial charge on any atom is 0.260 e. The van der Waals surface area contributed by atoms with Gasteiger partial charge in [-0.05, 0) is 29.9 Å². The Bertz CT molecular complexity index is 1110. The monoisotopic (exact) mass is 432 g/mol. The second-order valence-corrected chi connectivity index (χ2v) is 8.84. The van der Waals surface area contributed by atoms with Crippen LogP contribution in [0.1, 0.15) is 53.6 Å². The van der Waals surface area contributed by atoms with Crippen LogP contribution >= 0.6 is 0 Å². The lowest BCUT2D eigenvalue weighted by atomic mass is 9.89. The lowest BCUT2D eigenvalue weighted by Gasteiger charge is -2.23. The molecular formula is C25H28N4O3. The summed E-state index contributed by atoms with van der Waals surface area (Å²) in [4.78, 5) is 15.1. The molecule has 1 aromatic heterocycles. The summed E-state index contributed by atoms with van der Waals surface area (Å²) in [6.07, 6.45) is 7.94. The van der Waals surface area contributed by atoms with Crippen molar-refractivity contribution in [2.24, 2.45) is 5.92 Å². The van der Waals surface area contributed by atoms with Crippen molar-refractivity contribution in [1.29, 1.82) is 0 Å². The summed E-state index contributed by atoms with van der Waals surface area (Å²) < 4.78 is 1.91. The van der Waals surface area contributed by atoms with E-state index in [1.807, 2.05) is 35.0 Å². The van der Waals surface area contributed by atoms with Crippen LogP contribution < -0.4 is 5.32 Å². The zero-order valence-electron chi connectivity index (χ0n) is 18.0. The van der Waals surface area contributed by atoms with Crippen LogP contribution in [-0.4, -0.2) is 30.8 Å². The minimum Gasteiger partial charge on any atom is -0.508 e. The number of nitrogens with one attached hydrogen (secondary N) is 1. The van der Waals surface area contributed by atoms with Gasteiger partial charge >= 0.3 is 0 Å². The number of hydrogen-bond donors (Lipinski definition) is 3. The third kappa shape index (κ3) is 4.02. The van der Waals surface area contributed by atoms with Crippen molar-refractivity contribution in [1.82, 2.24) is 14.7 Å². The molecule has 1 aliphatic carbocycles. The number of amides is 1. The molecule has 0 spiro atoms. The molecule has 0 unspecified atom stereocenters. The van der Waals surface area contributed by atoms with Crippen LogP contribution in [0.2, 0.25) is 0 Å². The van der Waals surface area contributed by atoms with Gasteiger partial charge in [-0.3, -0.25) is 4.79 Å². The topological polar surface area (TPSA) is 90.6 Å². The molecule has 7 heteroatoms. The van der Waals surface area contributed by atoms with Crippen molar-refractivity contribution in [3.8, 4) is 11.5 Å². The Morgan fingerprint density at radius 2 is 1.75 bits per heavy atom. The normalized spacial score (nSPS) is 16.2. The molecular weight excluding hydrogens is 404 g/mol. The molecule has 0 saturated heterocycles. The standard InChI is InChI=1S/C25H28N4O3/c30-20-12-21(27-23-10-11-26-29(23)14-17-6-2-1-3-7-17)24(22(31)13-20)25(32)28-15-18-8-4-5-9-19(18)16-28/h4-5,8-13,17,27,30-31H,1-3,6-7,14-16H2. The fraction of sp³-hybridized carbons (Fsp3) is 0.360. The number of nitrogens with zero attached hydrogens (tertiary/aromatic N) is 3. The highest BCUT2D eigenvalue weighted by atomic mass is 16.3. The van der Waals surface area contributed by atoms with E-state index in [9.17, 15) is 15.0 Å². The summed E-state index contributed by atoms with van der Waals surface area (Å²) in [6, 6.07) is 12.5. The summed E-state index contributed by atoms with van der Waals surface area (Å²) in [6.45, 7) is 1.80. The van der Waals surface area contributed by atoms with Crippen molar-refractivity contribution in [2.45, 2.75) is 51.7 Å². The highest BCUT2D eigenvalue weighted by molar-refractivity contribution is 6.03. The molecule has 2 aliphatic rings.